The molecule has 1 amide bonds. The molecule has 0 aromatic heterocycles. The molecule has 0 radical (unpaired) electrons. The molecule has 1 aromatic rings. The molecule has 0 aliphatic carbocycles. The van der Waals surface area contributed by atoms with Crippen molar-refractivity contribution in [1.82, 2.24) is 4.90 Å². The van der Waals surface area contributed by atoms with Gasteiger partial charge in [0.25, 0.3) is 0 Å². The SMILES string of the molecule is CCCCN1C(=O)CC(N)C1c1cc(OC)ccc1OC. The smallest absolute Gasteiger partial charge is 0.224 e. The maximum atomic E-state index is 12.2. The zero-order chi connectivity index (χ0) is 15.4. The van der Waals surface area contributed by atoms with Crippen LogP contribution in [0.3, 0.4) is 0 Å². The van der Waals surface area contributed by atoms with Gasteiger partial charge in [0.15, 0.2) is 0 Å². The standard InChI is InChI=1S/C16H24N2O3/c1-4-5-8-18-15(19)10-13(17)16(18)12-9-11(20-2)6-7-14(12)21-3/h6-7,9,13,16H,4-5,8,10,17H2,1-3H3. The summed E-state index contributed by atoms with van der Waals surface area (Å²) in [5.74, 6) is 1.60. The van der Waals surface area contributed by atoms with E-state index in [4.69, 9.17) is 15.2 Å². The summed E-state index contributed by atoms with van der Waals surface area (Å²) in [6.45, 7) is 2.84. The van der Waals surface area contributed by atoms with Crippen LogP contribution in [0.25, 0.3) is 0 Å². The quantitative estimate of drug-likeness (QED) is 0.872. The third-order valence-corrected chi connectivity index (χ3v) is 3.98. The summed E-state index contributed by atoms with van der Waals surface area (Å²) < 4.78 is 10.7. The predicted octanol–water partition coefficient (Wildman–Crippen LogP) is 2.10. The van der Waals surface area contributed by atoms with Gasteiger partial charge in [0.1, 0.15) is 11.5 Å². The maximum Gasteiger partial charge on any atom is 0.224 e. The van der Waals surface area contributed by atoms with Crippen molar-refractivity contribution in [1.29, 1.82) is 0 Å². The van der Waals surface area contributed by atoms with Gasteiger partial charge in [0, 0.05) is 24.6 Å². The van der Waals surface area contributed by atoms with Gasteiger partial charge >= 0.3 is 0 Å². The van der Waals surface area contributed by atoms with Gasteiger partial charge in [-0.15, -0.1) is 0 Å². The molecule has 116 valence electrons. The molecule has 0 spiro atoms. The number of nitrogens with zero attached hydrogens (tertiary/aromatic N) is 1. The second-order valence-corrected chi connectivity index (χ2v) is 5.36. The summed E-state index contributed by atoms with van der Waals surface area (Å²) in [5, 5.41) is 0. The first kappa shape index (κ1) is 15.6. The van der Waals surface area contributed by atoms with Crippen molar-refractivity contribution in [3.8, 4) is 11.5 Å². The fraction of sp³-hybridized carbons (Fsp3) is 0.562. The Hall–Kier alpha value is -1.75. The summed E-state index contributed by atoms with van der Waals surface area (Å²) in [7, 11) is 3.25. The fourth-order valence-electron chi connectivity index (χ4n) is 2.88. The Kier molecular flexibility index (Phi) is 5.07. The van der Waals surface area contributed by atoms with Crippen LogP contribution < -0.4 is 15.2 Å². The van der Waals surface area contributed by atoms with Gasteiger partial charge in [-0.05, 0) is 24.6 Å². The van der Waals surface area contributed by atoms with E-state index in [2.05, 4.69) is 6.92 Å². The first-order valence-electron chi connectivity index (χ1n) is 7.39. The molecule has 0 saturated carbocycles. The van der Waals surface area contributed by atoms with Crippen LogP contribution in [0.2, 0.25) is 0 Å². The predicted molar refractivity (Wildman–Crippen MR) is 81.5 cm³/mol. The first-order valence-corrected chi connectivity index (χ1v) is 7.39. The highest BCUT2D eigenvalue weighted by Crippen LogP contribution is 2.38. The molecule has 1 aromatic carbocycles. The first-order chi connectivity index (χ1) is 10.1. The Labute approximate surface area is 126 Å². The Morgan fingerprint density at radius 2 is 2.10 bits per heavy atom. The van der Waals surface area contributed by atoms with Gasteiger partial charge in [-0.1, -0.05) is 13.3 Å². The highest BCUT2D eigenvalue weighted by atomic mass is 16.5. The second kappa shape index (κ2) is 6.80. The van der Waals surface area contributed by atoms with Crippen LogP contribution in [0.15, 0.2) is 18.2 Å². The number of amides is 1. The molecule has 0 bridgehead atoms. The molecule has 5 nitrogen and oxygen atoms in total. The number of nitrogens with two attached hydrogens (primary N) is 1. The summed E-state index contributed by atoms with van der Waals surface area (Å²) in [4.78, 5) is 14.1. The lowest BCUT2D eigenvalue weighted by molar-refractivity contribution is -0.129. The van der Waals surface area contributed by atoms with Crippen molar-refractivity contribution in [2.45, 2.75) is 38.3 Å². The molecule has 2 N–H and O–H groups in total. The average molecular weight is 292 g/mol. The van der Waals surface area contributed by atoms with Crippen LogP contribution in [0, 0.1) is 0 Å². The Balaban J connectivity index is 2.38. The minimum atomic E-state index is -0.213. The molecule has 2 unspecified atom stereocenters. The molecule has 1 aliphatic heterocycles. The number of carbonyl (C=O) groups is 1. The molecule has 5 heteroatoms. The highest BCUT2D eigenvalue weighted by molar-refractivity contribution is 5.80. The Bertz CT molecular complexity index is 504. The van der Waals surface area contributed by atoms with E-state index in [-0.39, 0.29) is 18.0 Å². The minimum absolute atomic E-state index is 0.117. The number of rotatable bonds is 6. The molecule has 21 heavy (non-hydrogen) atoms. The number of ether oxygens (including phenoxy) is 2. The van der Waals surface area contributed by atoms with E-state index in [0.717, 1.165) is 36.4 Å². The van der Waals surface area contributed by atoms with Crippen molar-refractivity contribution >= 4 is 5.91 Å². The van der Waals surface area contributed by atoms with Crippen LogP contribution >= 0.6 is 0 Å². The molecule has 2 rings (SSSR count). The van der Waals surface area contributed by atoms with Gasteiger partial charge in [-0.25, -0.2) is 0 Å². The summed E-state index contributed by atoms with van der Waals surface area (Å²) in [5.41, 5.74) is 7.14. The molecule has 2 atom stereocenters. The van der Waals surface area contributed by atoms with E-state index in [1.807, 2.05) is 23.1 Å². The number of hydrogen-bond donors (Lipinski definition) is 1. The van der Waals surface area contributed by atoms with Crippen molar-refractivity contribution < 1.29 is 14.3 Å². The molecular weight excluding hydrogens is 268 g/mol. The minimum Gasteiger partial charge on any atom is -0.497 e. The number of unbranched alkanes of at least 4 members (excludes halogenated alkanes) is 1. The monoisotopic (exact) mass is 292 g/mol. The van der Waals surface area contributed by atoms with E-state index in [1.165, 1.54) is 0 Å². The zero-order valence-electron chi connectivity index (χ0n) is 13.0. The van der Waals surface area contributed by atoms with Crippen LogP contribution in [-0.4, -0.2) is 37.6 Å². The van der Waals surface area contributed by atoms with Crippen LogP contribution in [-0.2, 0) is 4.79 Å². The van der Waals surface area contributed by atoms with E-state index in [1.54, 1.807) is 14.2 Å². The maximum absolute atomic E-state index is 12.2. The van der Waals surface area contributed by atoms with Crippen LogP contribution in [0.4, 0.5) is 0 Å². The van der Waals surface area contributed by atoms with E-state index >= 15 is 0 Å². The third-order valence-electron chi connectivity index (χ3n) is 3.98. The van der Waals surface area contributed by atoms with Crippen molar-refractivity contribution in [2.24, 2.45) is 5.73 Å². The lowest BCUT2D eigenvalue weighted by Gasteiger charge is -2.28. The molecule has 1 aliphatic rings. The summed E-state index contributed by atoms with van der Waals surface area (Å²) >= 11 is 0. The normalized spacial score (nSPS) is 21.7. The van der Waals surface area contributed by atoms with Gasteiger partial charge in [0.05, 0.1) is 20.3 Å². The largest absolute Gasteiger partial charge is 0.497 e. The van der Waals surface area contributed by atoms with Crippen LogP contribution in [0.1, 0.15) is 37.8 Å². The van der Waals surface area contributed by atoms with Gasteiger partial charge in [0.2, 0.25) is 5.91 Å². The molecule has 1 heterocycles. The van der Waals surface area contributed by atoms with Gasteiger partial charge in [-0.2, -0.15) is 0 Å². The van der Waals surface area contributed by atoms with Crippen molar-refractivity contribution in [3.63, 3.8) is 0 Å². The Morgan fingerprint density at radius 1 is 1.33 bits per heavy atom. The van der Waals surface area contributed by atoms with E-state index in [9.17, 15) is 4.79 Å². The van der Waals surface area contributed by atoms with Crippen molar-refractivity contribution in [2.75, 3.05) is 20.8 Å². The Morgan fingerprint density at radius 3 is 2.71 bits per heavy atom. The third kappa shape index (κ3) is 3.13. The van der Waals surface area contributed by atoms with Crippen LogP contribution in [0.5, 0.6) is 11.5 Å². The number of methoxy groups -OCH3 is 2. The second-order valence-electron chi connectivity index (χ2n) is 5.36. The fourth-order valence-corrected chi connectivity index (χ4v) is 2.88. The molecule has 1 saturated heterocycles. The van der Waals surface area contributed by atoms with Gasteiger partial charge < -0.3 is 20.1 Å². The van der Waals surface area contributed by atoms with E-state index < -0.39 is 0 Å². The van der Waals surface area contributed by atoms with Crippen molar-refractivity contribution in [3.05, 3.63) is 23.8 Å². The summed E-state index contributed by atoms with van der Waals surface area (Å²) in [6.07, 6.45) is 2.40. The number of carbonyl (C=O) groups excluding carboxylic acids is 1. The molecule has 1 fully saturated rings. The number of benzene rings is 1. The number of likely N-dealkylation sites (tertiary alicyclic amines) is 1. The lowest BCUT2D eigenvalue weighted by Crippen LogP contribution is -2.34. The summed E-state index contributed by atoms with van der Waals surface area (Å²) in [6, 6.07) is 5.27. The topological polar surface area (TPSA) is 64.8 Å². The number of hydrogen-bond acceptors (Lipinski definition) is 4. The highest BCUT2D eigenvalue weighted by Gasteiger charge is 2.39. The lowest BCUT2D eigenvalue weighted by atomic mass is 9.99. The molecular formula is C16H24N2O3. The van der Waals surface area contributed by atoms with Gasteiger partial charge in [-0.3, -0.25) is 4.79 Å². The van der Waals surface area contributed by atoms with E-state index in [0.29, 0.717) is 6.42 Å². The zero-order valence-corrected chi connectivity index (χ0v) is 13.0. The average Bonchev–Trinajstić information content (AvgIpc) is 2.78.